The molecule has 0 unspecified atom stereocenters. The summed E-state index contributed by atoms with van der Waals surface area (Å²) in [5.74, 6) is -1.22. The van der Waals surface area contributed by atoms with Crippen molar-refractivity contribution in [1.29, 1.82) is 10.5 Å². The zero-order valence-electron chi connectivity index (χ0n) is 6.85. The van der Waals surface area contributed by atoms with Crippen molar-refractivity contribution < 1.29 is 9.90 Å². The molecule has 0 spiro atoms. The monoisotopic (exact) mass is 178 g/mol. The molecule has 0 aromatic heterocycles. The van der Waals surface area contributed by atoms with Gasteiger partial charge in [-0.25, -0.2) is 4.79 Å². The van der Waals surface area contributed by atoms with E-state index < -0.39 is 17.0 Å². The maximum atomic E-state index is 10.6. The number of carboxylic acid groups (broad SMARTS) is 1. The molecule has 66 valence electrons. The second kappa shape index (κ2) is 2.53. The number of hydrogen-bond acceptors (Lipinski definition) is 5. The predicted octanol–water partition coefficient (Wildman–Crippen LogP) is 0.677. The van der Waals surface area contributed by atoms with E-state index in [4.69, 9.17) is 15.6 Å². The molecular formula is C7H6N4O2. The van der Waals surface area contributed by atoms with Crippen LogP contribution in [-0.4, -0.2) is 16.7 Å². The Morgan fingerprint density at radius 3 is 2.23 bits per heavy atom. The van der Waals surface area contributed by atoms with E-state index in [1.165, 1.54) is 6.92 Å². The quantitative estimate of drug-likeness (QED) is 0.684. The minimum Gasteiger partial charge on any atom is -0.478 e. The van der Waals surface area contributed by atoms with Crippen molar-refractivity contribution in [2.75, 3.05) is 0 Å². The van der Waals surface area contributed by atoms with Crippen molar-refractivity contribution in [3.8, 4) is 12.1 Å². The van der Waals surface area contributed by atoms with Crippen molar-refractivity contribution >= 4 is 5.97 Å². The summed E-state index contributed by atoms with van der Waals surface area (Å²) in [6.07, 6.45) is -0.192. The minimum atomic E-state index is -1.54. The summed E-state index contributed by atoms with van der Waals surface area (Å²) in [6.45, 7) is 1.36. The van der Waals surface area contributed by atoms with Crippen LogP contribution < -0.4 is 0 Å². The van der Waals surface area contributed by atoms with E-state index in [1.807, 2.05) is 0 Å². The van der Waals surface area contributed by atoms with Gasteiger partial charge in [-0.05, 0) is 6.92 Å². The standard InChI is InChI=1S/C7H6N4O2/c1-6(3-8,4-9)2-7(5(12)13)10-11-7/h2H2,1H3,(H,12,13). The summed E-state index contributed by atoms with van der Waals surface area (Å²) < 4.78 is 0. The van der Waals surface area contributed by atoms with Crippen molar-refractivity contribution in [2.24, 2.45) is 15.6 Å². The van der Waals surface area contributed by atoms with Gasteiger partial charge in [0.05, 0.1) is 12.1 Å². The number of carboxylic acids is 1. The third-order valence-electron chi connectivity index (χ3n) is 1.78. The van der Waals surface area contributed by atoms with E-state index >= 15 is 0 Å². The maximum absolute atomic E-state index is 10.6. The van der Waals surface area contributed by atoms with Crippen LogP contribution in [0.25, 0.3) is 0 Å². The summed E-state index contributed by atoms with van der Waals surface area (Å²) in [5.41, 5.74) is -2.89. The molecule has 0 bridgehead atoms. The number of nitriles is 2. The fourth-order valence-corrected chi connectivity index (χ4v) is 0.889. The van der Waals surface area contributed by atoms with Gasteiger partial charge in [0.2, 0.25) is 0 Å². The lowest BCUT2D eigenvalue weighted by atomic mass is 9.85. The highest BCUT2D eigenvalue weighted by Gasteiger charge is 2.53. The molecule has 6 nitrogen and oxygen atoms in total. The van der Waals surface area contributed by atoms with Crippen molar-refractivity contribution in [3.63, 3.8) is 0 Å². The Balaban J connectivity index is 2.76. The van der Waals surface area contributed by atoms with E-state index in [1.54, 1.807) is 12.1 Å². The largest absolute Gasteiger partial charge is 0.478 e. The first-order valence-electron chi connectivity index (χ1n) is 3.48. The van der Waals surface area contributed by atoms with Crippen LogP contribution in [0.3, 0.4) is 0 Å². The van der Waals surface area contributed by atoms with E-state index in [9.17, 15) is 4.79 Å². The van der Waals surface area contributed by atoms with Crippen LogP contribution in [0.1, 0.15) is 13.3 Å². The summed E-state index contributed by atoms with van der Waals surface area (Å²) in [5, 5.41) is 32.5. The van der Waals surface area contributed by atoms with Gasteiger partial charge in [-0.1, -0.05) is 0 Å². The van der Waals surface area contributed by atoms with Gasteiger partial charge in [0.1, 0.15) is 5.41 Å². The third kappa shape index (κ3) is 1.47. The molecule has 0 radical (unpaired) electrons. The number of rotatable bonds is 3. The molecule has 0 atom stereocenters. The molecule has 13 heavy (non-hydrogen) atoms. The lowest BCUT2D eigenvalue weighted by molar-refractivity contribution is -0.141. The van der Waals surface area contributed by atoms with Gasteiger partial charge in [0.15, 0.2) is 0 Å². The molecule has 0 saturated carbocycles. The molecule has 0 aromatic rings. The Labute approximate surface area is 74.1 Å². The number of nitrogens with zero attached hydrogens (tertiary/aromatic N) is 4. The second-order valence-electron chi connectivity index (χ2n) is 3.05. The zero-order chi connectivity index (χ0) is 10.1. The van der Waals surface area contributed by atoms with E-state index in [-0.39, 0.29) is 6.42 Å². The van der Waals surface area contributed by atoms with E-state index in [2.05, 4.69) is 10.2 Å². The molecule has 1 rings (SSSR count). The smallest absolute Gasteiger partial charge is 0.358 e. The topological polar surface area (TPSA) is 110 Å². The first-order valence-corrected chi connectivity index (χ1v) is 3.48. The molecule has 1 aliphatic heterocycles. The molecule has 0 fully saturated rings. The first kappa shape index (κ1) is 9.14. The van der Waals surface area contributed by atoms with Gasteiger partial charge in [0, 0.05) is 6.42 Å². The molecule has 1 N–H and O–H groups in total. The highest BCUT2D eigenvalue weighted by atomic mass is 16.4. The highest BCUT2D eigenvalue weighted by Crippen LogP contribution is 2.39. The maximum Gasteiger partial charge on any atom is 0.358 e. The number of aliphatic carboxylic acids is 1. The van der Waals surface area contributed by atoms with Crippen LogP contribution in [0.5, 0.6) is 0 Å². The van der Waals surface area contributed by atoms with Crippen LogP contribution >= 0.6 is 0 Å². The number of hydrogen-bond donors (Lipinski definition) is 1. The molecule has 6 heteroatoms. The summed E-state index contributed by atoms with van der Waals surface area (Å²) in [6, 6.07) is 3.47. The Morgan fingerprint density at radius 2 is 2.00 bits per heavy atom. The summed E-state index contributed by atoms with van der Waals surface area (Å²) in [7, 11) is 0. The lowest BCUT2D eigenvalue weighted by Gasteiger charge is -2.13. The minimum absolute atomic E-state index is 0.192. The average Bonchev–Trinajstić information content (AvgIpc) is 2.86. The van der Waals surface area contributed by atoms with Crippen molar-refractivity contribution in [2.45, 2.75) is 19.0 Å². The SMILES string of the molecule is CC(C#N)(C#N)CC1(C(=O)O)N=N1. The second-order valence-corrected chi connectivity index (χ2v) is 3.05. The predicted molar refractivity (Wildman–Crippen MR) is 39.2 cm³/mol. The molecule has 1 heterocycles. The van der Waals surface area contributed by atoms with Gasteiger partial charge in [0.25, 0.3) is 5.66 Å². The molecular weight excluding hydrogens is 172 g/mol. The highest BCUT2D eigenvalue weighted by molar-refractivity contribution is 5.81. The lowest BCUT2D eigenvalue weighted by Crippen LogP contribution is -2.30. The van der Waals surface area contributed by atoms with Gasteiger partial charge in [-0.2, -0.15) is 10.5 Å². The van der Waals surface area contributed by atoms with Gasteiger partial charge in [-0.15, -0.1) is 10.2 Å². The van der Waals surface area contributed by atoms with E-state index in [0.29, 0.717) is 0 Å². The molecule has 0 aromatic carbocycles. The fraction of sp³-hybridized carbons (Fsp3) is 0.571. The van der Waals surface area contributed by atoms with Crippen molar-refractivity contribution in [3.05, 3.63) is 0 Å². The van der Waals surface area contributed by atoms with E-state index in [0.717, 1.165) is 0 Å². The summed E-state index contributed by atoms with van der Waals surface area (Å²) in [4.78, 5) is 10.6. The average molecular weight is 178 g/mol. The van der Waals surface area contributed by atoms with Crippen LogP contribution in [-0.2, 0) is 4.79 Å². The fourth-order valence-electron chi connectivity index (χ4n) is 0.889. The Bertz CT molecular complexity index is 340. The summed E-state index contributed by atoms with van der Waals surface area (Å²) >= 11 is 0. The number of carbonyl (C=O) groups is 1. The third-order valence-corrected chi connectivity index (χ3v) is 1.78. The van der Waals surface area contributed by atoms with Crippen LogP contribution in [0.15, 0.2) is 10.2 Å². The Kier molecular flexibility index (Phi) is 1.78. The normalized spacial score (nSPS) is 17.2. The first-order chi connectivity index (χ1) is 5.98. The molecule has 0 amide bonds. The Morgan fingerprint density at radius 1 is 1.54 bits per heavy atom. The molecule has 1 aliphatic rings. The molecule has 0 aliphatic carbocycles. The van der Waals surface area contributed by atoms with Gasteiger partial charge < -0.3 is 5.11 Å². The van der Waals surface area contributed by atoms with Crippen LogP contribution in [0, 0.1) is 28.1 Å². The van der Waals surface area contributed by atoms with Gasteiger partial charge >= 0.3 is 5.97 Å². The van der Waals surface area contributed by atoms with Crippen LogP contribution in [0.2, 0.25) is 0 Å². The molecule has 0 saturated heterocycles. The van der Waals surface area contributed by atoms with Crippen LogP contribution in [0.4, 0.5) is 0 Å². The van der Waals surface area contributed by atoms with Gasteiger partial charge in [-0.3, -0.25) is 0 Å². The Hall–Kier alpha value is -1.95. The van der Waals surface area contributed by atoms with Crippen molar-refractivity contribution in [1.82, 2.24) is 0 Å². The zero-order valence-corrected chi connectivity index (χ0v) is 6.85.